The lowest BCUT2D eigenvalue weighted by atomic mass is 10.1. The maximum absolute atomic E-state index is 10.1. The number of aromatic hydroxyl groups is 1. The van der Waals surface area contributed by atoms with Crippen molar-refractivity contribution >= 4 is 22.9 Å². The van der Waals surface area contributed by atoms with Crippen LogP contribution in [0.4, 0.5) is 0 Å². The second-order valence-electron chi connectivity index (χ2n) is 5.62. The molecule has 1 atom stereocenters. The van der Waals surface area contributed by atoms with Crippen LogP contribution in [0.3, 0.4) is 0 Å². The number of nitrogens with zero attached hydrogens (tertiary/aromatic N) is 1. The summed E-state index contributed by atoms with van der Waals surface area (Å²) in [4.78, 5) is 3.92. The van der Waals surface area contributed by atoms with E-state index in [9.17, 15) is 5.11 Å². The Morgan fingerprint density at radius 2 is 2.14 bits per heavy atom. The molecule has 0 saturated carbocycles. The van der Waals surface area contributed by atoms with Gasteiger partial charge in [0, 0.05) is 28.0 Å². The molecule has 1 fully saturated rings. The van der Waals surface area contributed by atoms with Crippen molar-refractivity contribution < 1.29 is 5.11 Å². The summed E-state index contributed by atoms with van der Waals surface area (Å²) in [7, 11) is 0. The van der Waals surface area contributed by atoms with Crippen molar-refractivity contribution in [3.8, 4) is 5.75 Å². The van der Waals surface area contributed by atoms with Crippen LogP contribution >= 0.6 is 22.9 Å². The number of hydrogen-bond acceptors (Lipinski definition) is 3. The van der Waals surface area contributed by atoms with Gasteiger partial charge in [0.25, 0.3) is 0 Å². The van der Waals surface area contributed by atoms with E-state index >= 15 is 0 Å². The first-order valence-corrected chi connectivity index (χ1v) is 8.74. The fraction of sp³-hybridized carbons (Fsp3) is 0.412. The summed E-state index contributed by atoms with van der Waals surface area (Å²) in [5.41, 5.74) is 0.922. The Kier molecular flexibility index (Phi) is 4.84. The van der Waals surface area contributed by atoms with Crippen molar-refractivity contribution in [2.45, 2.75) is 38.3 Å². The first-order chi connectivity index (χ1) is 10.2. The molecule has 0 amide bonds. The molecule has 1 saturated heterocycles. The summed E-state index contributed by atoms with van der Waals surface area (Å²) in [6.45, 7) is 1.84. The molecule has 0 radical (unpaired) electrons. The molecule has 2 aromatic rings. The second kappa shape index (κ2) is 6.82. The molecule has 21 heavy (non-hydrogen) atoms. The topological polar surface area (TPSA) is 23.5 Å². The smallest absolute Gasteiger partial charge is 0.120 e. The van der Waals surface area contributed by atoms with Crippen LogP contribution in [0.5, 0.6) is 5.75 Å². The molecule has 1 N–H and O–H groups in total. The van der Waals surface area contributed by atoms with Crippen LogP contribution in [0.25, 0.3) is 0 Å². The highest BCUT2D eigenvalue weighted by atomic mass is 35.5. The lowest BCUT2D eigenvalue weighted by molar-refractivity contribution is 0.193. The van der Waals surface area contributed by atoms with Gasteiger partial charge in [-0.05, 0) is 49.0 Å². The maximum Gasteiger partial charge on any atom is 0.120 e. The minimum absolute atomic E-state index is 0.341. The third-order valence-corrected chi connectivity index (χ3v) is 5.36. The molecule has 1 aliphatic heterocycles. The summed E-state index contributed by atoms with van der Waals surface area (Å²) in [6.07, 6.45) is 4.99. The highest BCUT2D eigenvalue weighted by molar-refractivity contribution is 7.10. The molecule has 1 aromatic heterocycles. The molecular formula is C17H20ClNOS. The molecule has 112 valence electrons. The molecule has 3 rings (SSSR count). The zero-order valence-corrected chi connectivity index (χ0v) is 13.5. The molecule has 2 heterocycles. The Hall–Kier alpha value is -1.03. The van der Waals surface area contributed by atoms with Crippen LogP contribution in [0.15, 0.2) is 35.7 Å². The molecule has 1 aromatic carbocycles. The van der Waals surface area contributed by atoms with Gasteiger partial charge >= 0.3 is 0 Å². The standard InChI is InChI=1S/C17H20ClNOS/c18-14-7-8-16(20)13(11-14)12-19-9-3-1-2-5-15(19)17-6-4-10-21-17/h4,6-8,10-11,15,20H,1-3,5,9,12H2. The van der Waals surface area contributed by atoms with E-state index in [0.717, 1.165) is 18.7 Å². The fourth-order valence-electron chi connectivity index (χ4n) is 3.06. The van der Waals surface area contributed by atoms with E-state index in [0.29, 0.717) is 16.8 Å². The van der Waals surface area contributed by atoms with Crippen molar-refractivity contribution in [2.75, 3.05) is 6.54 Å². The average Bonchev–Trinajstić information content (AvgIpc) is 2.90. The highest BCUT2D eigenvalue weighted by Gasteiger charge is 2.24. The lowest BCUT2D eigenvalue weighted by Gasteiger charge is -2.29. The Bertz CT molecular complexity index is 584. The van der Waals surface area contributed by atoms with E-state index in [-0.39, 0.29) is 0 Å². The molecular weight excluding hydrogens is 302 g/mol. The number of thiophene rings is 1. The summed E-state index contributed by atoms with van der Waals surface area (Å²) >= 11 is 7.91. The third-order valence-electron chi connectivity index (χ3n) is 4.15. The van der Waals surface area contributed by atoms with Crippen molar-refractivity contribution in [3.05, 3.63) is 51.2 Å². The quantitative estimate of drug-likeness (QED) is 0.837. The van der Waals surface area contributed by atoms with Gasteiger partial charge in [-0.3, -0.25) is 4.90 Å². The molecule has 1 aliphatic rings. The van der Waals surface area contributed by atoms with Crippen LogP contribution in [0.1, 0.15) is 42.2 Å². The fourth-order valence-corrected chi connectivity index (χ4v) is 4.15. The number of rotatable bonds is 3. The minimum Gasteiger partial charge on any atom is -0.508 e. The number of hydrogen-bond donors (Lipinski definition) is 1. The van der Waals surface area contributed by atoms with Gasteiger partial charge < -0.3 is 5.11 Å². The van der Waals surface area contributed by atoms with E-state index in [1.807, 2.05) is 17.4 Å². The Balaban J connectivity index is 1.84. The van der Waals surface area contributed by atoms with E-state index in [2.05, 4.69) is 22.4 Å². The number of phenolic OH excluding ortho intramolecular Hbond substituents is 1. The van der Waals surface area contributed by atoms with Crippen LogP contribution in [0, 0.1) is 0 Å². The summed E-state index contributed by atoms with van der Waals surface area (Å²) in [5.74, 6) is 0.341. The van der Waals surface area contributed by atoms with Crippen LogP contribution in [-0.4, -0.2) is 16.6 Å². The summed E-state index contributed by atoms with van der Waals surface area (Å²) < 4.78 is 0. The van der Waals surface area contributed by atoms with Crippen LogP contribution in [-0.2, 0) is 6.54 Å². The van der Waals surface area contributed by atoms with E-state index in [4.69, 9.17) is 11.6 Å². The first-order valence-electron chi connectivity index (χ1n) is 7.49. The van der Waals surface area contributed by atoms with Gasteiger partial charge in [-0.1, -0.05) is 30.5 Å². The SMILES string of the molecule is Oc1ccc(Cl)cc1CN1CCCCCC1c1cccs1. The van der Waals surface area contributed by atoms with Crippen molar-refractivity contribution in [3.63, 3.8) is 0 Å². The predicted octanol–water partition coefficient (Wildman–Crippen LogP) is 5.22. The summed E-state index contributed by atoms with van der Waals surface area (Å²) in [6, 6.07) is 10.1. The first kappa shape index (κ1) is 14.9. The maximum atomic E-state index is 10.1. The van der Waals surface area contributed by atoms with Gasteiger partial charge in [-0.2, -0.15) is 0 Å². The molecule has 4 heteroatoms. The van der Waals surface area contributed by atoms with Gasteiger partial charge in [-0.15, -0.1) is 11.3 Å². The molecule has 2 nitrogen and oxygen atoms in total. The molecule has 1 unspecified atom stereocenters. The predicted molar refractivity (Wildman–Crippen MR) is 89.1 cm³/mol. The van der Waals surface area contributed by atoms with E-state index < -0.39 is 0 Å². The molecule has 0 bridgehead atoms. The summed E-state index contributed by atoms with van der Waals surface area (Å²) in [5, 5.41) is 12.9. The third kappa shape index (κ3) is 3.60. The van der Waals surface area contributed by atoms with Gasteiger partial charge in [0.2, 0.25) is 0 Å². The van der Waals surface area contributed by atoms with Gasteiger partial charge in [0.1, 0.15) is 5.75 Å². The Labute approximate surface area is 135 Å². The second-order valence-corrected chi connectivity index (χ2v) is 7.04. The number of likely N-dealkylation sites (tertiary alicyclic amines) is 1. The van der Waals surface area contributed by atoms with Crippen molar-refractivity contribution in [2.24, 2.45) is 0 Å². The zero-order valence-electron chi connectivity index (χ0n) is 12.0. The van der Waals surface area contributed by atoms with E-state index in [1.54, 1.807) is 12.1 Å². The van der Waals surface area contributed by atoms with Crippen LogP contribution in [0.2, 0.25) is 5.02 Å². The number of phenols is 1. The molecule has 0 spiro atoms. The van der Waals surface area contributed by atoms with Crippen molar-refractivity contribution in [1.82, 2.24) is 4.90 Å². The average molecular weight is 322 g/mol. The number of benzene rings is 1. The minimum atomic E-state index is 0.341. The Morgan fingerprint density at radius 3 is 2.95 bits per heavy atom. The largest absolute Gasteiger partial charge is 0.508 e. The highest BCUT2D eigenvalue weighted by Crippen LogP contribution is 2.35. The molecule has 0 aliphatic carbocycles. The van der Waals surface area contributed by atoms with E-state index in [1.165, 1.54) is 30.6 Å². The van der Waals surface area contributed by atoms with Gasteiger partial charge in [0.15, 0.2) is 0 Å². The van der Waals surface area contributed by atoms with Crippen LogP contribution < -0.4 is 0 Å². The number of halogens is 1. The lowest BCUT2D eigenvalue weighted by Crippen LogP contribution is -2.27. The van der Waals surface area contributed by atoms with Gasteiger partial charge in [0.05, 0.1) is 0 Å². The van der Waals surface area contributed by atoms with Gasteiger partial charge in [-0.25, -0.2) is 0 Å². The Morgan fingerprint density at radius 1 is 1.24 bits per heavy atom. The normalized spacial score (nSPS) is 20.3. The zero-order chi connectivity index (χ0) is 14.7. The van der Waals surface area contributed by atoms with Crippen molar-refractivity contribution in [1.29, 1.82) is 0 Å². The monoisotopic (exact) mass is 321 g/mol.